The summed E-state index contributed by atoms with van der Waals surface area (Å²) in [4.78, 5) is 5.25. The number of benzene rings is 1. The molecule has 4 saturated heterocycles. The van der Waals surface area contributed by atoms with Crippen molar-refractivity contribution in [2.24, 2.45) is 10.8 Å². The van der Waals surface area contributed by atoms with Crippen LogP contribution in [0.5, 0.6) is 11.5 Å². The molecule has 0 unspecified atom stereocenters. The zero-order valence-corrected chi connectivity index (χ0v) is 17.9. The van der Waals surface area contributed by atoms with Crippen molar-refractivity contribution in [3.63, 3.8) is 0 Å². The van der Waals surface area contributed by atoms with Crippen molar-refractivity contribution < 1.29 is 14.6 Å². The molecule has 5 rings (SSSR count). The van der Waals surface area contributed by atoms with Gasteiger partial charge in [0.05, 0.1) is 26.0 Å². The van der Waals surface area contributed by atoms with Crippen molar-refractivity contribution in [3.05, 3.63) is 23.8 Å². The van der Waals surface area contributed by atoms with E-state index in [0.29, 0.717) is 6.61 Å². The lowest BCUT2D eigenvalue weighted by molar-refractivity contribution is -0.268. The number of methoxy groups -OCH3 is 1. The van der Waals surface area contributed by atoms with E-state index in [1.807, 2.05) is 13.0 Å². The maximum atomic E-state index is 11.4. The Bertz CT molecular complexity index is 665. The molecule has 4 aliphatic rings. The molecule has 4 fully saturated rings. The molecular weight excluding hydrogens is 352 g/mol. The van der Waals surface area contributed by atoms with Gasteiger partial charge in [-0.05, 0) is 37.5 Å². The van der Waals surface area contributed by atoms with Gasteiger partial charge in [-0.2, -0.15) is 0 Å². The molecule has 28 heavy (non-hydrogen) atoms. The number of ether oxygens (including phenoxy) is 2. The predicted molar refractivity (Wildman–Crippen MR) is 111 cm³/mol. The van der Waals surface area contributed by atoms with Crippen molar-refractivity contribution in [3.8, 4) is 11.5 Å². The van der Waals surface area contributed by atoms with E-state index in [1.54, 1.807) is 7.11 Å². The standard InChI is InChI=1S/C23H36N2O3/c1-5-10-22-13-24-15-23(11-6-2,21(22)26)16-25(14-22)20(24)17-8-9-18(28-7-3)19(12-17)27-4/h8-9,12,20-21,26H,5-7,10-11,13-16H2,1-4H3. The SMILES string of the molecule is CCCC12CN3CC(CCC)(CN(C1)C3c1ccc(OCC)c(OC)c1)C2O. The normalized spacial score (nSPS) is 38.6. The van der Waals surface area contributed by atoms with Crippen LogP contribution >= 0.6 is 0 Å². The minimum absolute atomic E-state index is 0.0201. The van der Waals surface area contributed by atoms with Crippen LogP contribution in [0.4, 0.5) is 0 Å². The van der Waals surface area contributed by atoms with Crippen LogP contribution in [-0.2, 0) is 0 Å². The molecule has 1 aromatic rings. The molecule has 4 aliphatic heterocycles. The Morgan fingerprint density at radius 2 is 1.54 bits per heavy atom. The van der Waals surface area contributed by atoms with Gasteiger partial charge in [0.1, 0.15) is 0 Å². The predicted octanol–water partition coefficient (Wildman–Crippen LogP) is 3.67. The summed E-state index contributed by atoms with van der Waals surface area (Å²) in [5.41, 5.74) is 1.31. The van der Waals surface area contributed by atoms with Crippen molar-refractivity contribution in [1.29, 1.82) is 0 Å². The third-order valence-electron chi connectivity index (χ3n) is 7.21. The molecule has 0 saturated carbocycles. The second-order valence-electron chi connectivity index (χ2n) is 9.15. The largest absolute Gasteiger partial charge is 0.493 e. The Balaban J connectivity index is 1.68. The van der Waals surface area contributed by atoms with Crippen LogP contribution in [0, 0.1) is 10.8 Å². The molecule has 5 heteroatoms. The van der Waals surface area contributed by atoms with E-state index in [-0.39, 0.29) is 23.1 Å². The molecular formula is C23H36N2O3. The van der Waals surface area contributed by atoms with Gasteiger partial charge in [-0.15, -0.1) is 0 Å². The molecule has 1 N–H and O–H groups in total. The van der Waals surface area contributed by atoms with Gasteiger partial charge in [-0.3, -0.25) is 9.80 Å². The quantitative estimate of drug-likeness (QED) is 0.736. The van der Waals surface area contributed by atoms with Gasteiger partial charge < -0.3 is 14.6 Å². The molecule has 0 amide bonds. The average molecular weight is 389 g/mol. The number of hydrogen-bond donors (Lipinski definition) is 1. The van der Waals surface area contributed by atoms with E-state index < -0.39 is 0 Å². The van der Waals surface area contributed by atoms with Crippen LogP contribution in [0.3, 0.4) is 0 Å². The van der Waals surface area contributed by atoms with E-state index >= 15 is 0 Å². The number of aliphatic hydroxyl groups excluding tert-OH is 1. The first-order chi connectivity index (χ1) is 13.5. The smallest absolute Gasteiger partial charge is 0.161 e. The molecule has 1 aromatic carbocycles. The lowest BCUT2D eigenvalue weighted by atomic mass is 9.56. The second kappa shape index (κ2) is 7.51. The summed E-state index contributed by atoms with van der Waals surface area (Å²) in [5, 5.41) is 11.4. The highest BCUT2D eigenvalue weighted by atomic mass is 16.5. The van der Waals surface area contributed by atoms with E-state index in [0.717, 1.165) is 63.4 Å². The third-order valence-corrected chi connectivity index (χ3v) is 7.21. The number of rotatable bonds is 8. The van der Waals surface area contributed by atoms with Crippen molar-refractivity contribution in [2.75, 3.05) is 39.9 Å². The van der Waals surface area contributed by atoms with Crippen molar-refractivity contribution in [2.45, 2.75) is 58.7 Å². The van der Waals surface area contributed by atoms with Gasteiger partial charge in [0.25, 0.3) is 0 Å². The van der Waals surface area contributed by atoms with Gasteiger partial charge in [-0.1, -0.05) is 32.8 Å². The molecule has 0 atom stereocenters. The van der Waals surface area contributed by atoms with Gasteiger partial charge in [0, 0.05) is 37.0 Å². The highest BCUT2D eigenvalue weighted by Crippen LogP contribution is 2.57. The first-order valence-corrected chi connectivity index (χ1v) is 11.0. The fourth-order valence-electron chi connectivity index (χ4n) is 6.53. The summed E-state index contributed by atoms with van der Waals surface area (Å²) in [7, 11) is 1.71. The Hall–Kier alpha value is -1.30. The van der Waals surface area contributed by atoms with Gasteiger partial charge >= 0.3 is 0 Å². The fourth-order valence-corrected chi connectivity index (χ4v) is 6.53. The van der Waals surface area contributed by atoms with E-state index in [9.17, 15) is 5.11 Å². The zero-order valence-electron chi connectivity index (χ0n) is 17.9. The Morgan fingerprint density at radius 1 is 0.964 bits per heavy atom. The highest BCUT2D eigenvalue weighted by molar-refractivity contribution is 5.44. The molecule has 0 radical (unpaired) electrons. The topological polar surface area (TPSA) is 45.2 Å². The Kier molecular flexibility index (Phi) is 5.36. The van der Waals surface area contributed by atoms with Crippen LogP contribution in [0.15, 0.2) is 18.2 Å². The van der Waals surface area contributed by atoms with Crippen LogP contribution in [-0.4, -0.2) is 60.9 Å². The fraction of sp³-hybridized carbons (Fsp3) is 0.739. The van der Waals surface area contributed by atoms with Gasteiger partial charge in [-0.25, -0.2) is 0 Å². The van der Waals surface area contributed by atoms with Crippen molar-refractivity contribution in [1.82, 2.24) is 9.80 Å². The zero-order chi connectivity index (χ0) is 19.9. The minimum atomic E-state index is -0.178. The molecule has 5 nitrogen and oxygen atoms in total. The number of aliphatic hydroxyl groups is 1. The summed E-state index contributed by atoms with van der Waals surface area (Å²) >= 11 is 0. The number of nitrogens with zero attached hydrogens (tertiary/aromatic N) is 2. The summed E-state index contributed by atoms with van der Waals surface area (Å²) in [6.07, 6.45) is 4.55. The highest BCUT2D eigenvalue weighted by Gasteiger charge is 2.64. The van der Waals surface area contributed by atoms with Crippen molar-refractivity contribution >= 4 is 0 Å². The first kappa shape index (κ1) is 20.0. The van der Waals surface area contributed by atoms with E-state index in [4.69, 9.17) is 9.47 Å². The van der Waals surface area contributed by atoms with Crippen LogP contribution in [0.2, 0.25) is 0 Å². The molecule has 0 spiro atoms. The molecule has 156 valence electrons. The number of piperidine rings is 2. The summed E-state index contributed by atoms with van der Waals surface area (Å²) < 4.78 is 11.3. The first-order valence-electron chi connectivity index (χ1n) is 11.0. The Morgan fingerprint density at radius 3 is 2.00 bits per heavy atom. The monoisotopic (exact) mass is 388 g/mol. The summed E-state index contributed by atoms with van der Waals surface area (Å²) in [5.74, 6) is 1.62. The Labute approximate surface area is 169 Å². The summed E-state index contributed by atoms with van der Waals surface area (Å²) in [6.45, 7) is 11.1. The third kappa shape index (κ3) is 2.94. The van der Waals surface area contributed by atoms with Gasteiger partial charge in [0.15, 0.2) is 11.5 Å². The average Bonchev–Trinajstić information content (AvgIpc) is 2.67. The van der Waals surface area contributed by atoms with Gasteiger partial charge in [0.2, 0.25) is 0 Å². The molecule has 0 aliphatic carbocycles. The molecule has 0 aromatic heterocycles. The van der Waals surface area contributed by atoms with Crippen LogP contribution in [0.1, 0.15) is 58.2 Å². The maximum Gasteiger partial charge on any atom is 0.161 e. The molecule has 4 bridgehead atoms. The van der Waals surface area contributed by atoms with Crippen LogP contribution < -0.4 is 9.47 Å². The second-order valence-corrected chi connectivity index (χ2v) is 9.15. The summed E-state index contributed by atoms with van der Waals surface area (Å²) in [6, 6.07) is 6.38. The van der Waals surface area contributed by atoms with Crippen LogP contribution in [0.25, 0.3) is 0 Å². The van der Waals surface area contributed by atoms with E-state index in [1.165, 1.54) is 5.56 Å². The number of hydrogen-bond acceptors (Lipinski definition) is 5. The van der Waals surface area contributed by atoms with E-state index in [2.05, 4.69) is 35.8 Å². The lowest BCUT2D eigenvalue weighted by Gasteiger charge is -2.70. The minimum Gasteiger partial charge on any atom is -0.493 e. The maximum absolute atomic E-state index is 11.4. The lowest BCUT2D eigenvalue weighted by Crippen LogP contribution is -2.78. The molecule has 4 heterocycles.